The van der Waals surface area contributed by atoms with Gasteiger partial charge in [-0.1, -0.05) is 18.2 Å². The fourth-order valence-electron chi connectivity index (χ4n) is 1.41. The molecule has 0 amide bonds. The number of allylic oxidation sites excluding steroid dienone is 1. The highest BCUT2D eigenvalue weighted by atomic mass is 16.5. The Morgan fingerprint density at radius 1 is 1.47 bits per heavy atom. The summed E-state index contributed by atoms with van der Waals surface area (Å²) in [5, 5.41) is 0. The molecule has 0 saturated carbocycles. The number of hydrogen-bond acceptors (Lipinski definition) is 2. The van der Waals surface area contributed by atoms with Crippen LogP contribution in [0.1, 0.15) is 18.4 Å². The molecular formula is C13H17O2. The Morgan fingerprint density at radius 2 is 2.20 bits per heavy atom. The molecule has 1 aromatic carbocycles. The lowest BCUT2D eigenvalue weighted by Gasteiger charge is -2.16. The normalized spacial score (nSPS) is 11.9. The van der Waals surface area contributed by atoms with Gasteiger partial charge in [0.25, 0.3) is 0 Å². The largest absolute Gasteiger partial charge is 0.493 e. The van der Waals surface area contributed by atoms with Gasteiger partial charge >= 0.3 is 0 Å². The van der Waals surface area contributed by atoms with Gasteiger partial charge in [0.2, 0.25) is 0 Å². The van der Waals surface area contributed by atoms with Crippen molar-refractivity contribution in [3.8, 4) is 11.5 Å². The van der Waals surface area contributed by atoms with Crippen LogP contribution in [0, 0.1) is 6.92 Å². The molecule has 0 aliphatic heterocycles. The van der Waals surface area contributed by atoms with Gasteiger partial charge in [0.15, 0.2) is 11.5 Å². The molecule has 0 bridgehead atoms. The summed E-state index contributed by atoms with van der Waals surface area (Å²) in [6.45, 7) is 10.3. The first-order valence-electron chi connectivity index (χ1n) is 4.99. The molecular weight excluding hydrogens is 188 g/mol. The fourth-order valence-corrected chi connectivity index (χ4v) is 1.41. The van der Waals surface area contributed by atoms with Gasteiger partial charge in [-0.05, 0) is 19.9 Å². The number of methoxy groups -OCH3 is 1. The SMILES string of the molecule is [CH2]C(C=C)c1cccc(OC)c1OCC. The molecule has 0 N–H and O–H groups in total. The van der Waals surface area contributed by atoms with Crippen LogP contribution < -0.4 is 9.47 Å². The molecule has 2 nitrogen and oxygen atoms in total. The number of rotatable bonds is 5. The van der Waals surface area contributed by atoms with Gasteiger partial charge in [-0.25, -0.2) is 0 Å². The third kappa shape index (κ3) is 2.52. The van der Waals surface area contributed by atoms with Crippen LogP contribution in [0.15, 0.2) is 30.9 Å². The molecule has 1 rings (SSSR count). The lowest BCUT2D eigenvalue weighted by molar-refractivity contribution is 0.307. The molecule has 1 atom stereocenters. The quantitative estimate of drug-likeness (QED) is 0.687. The fraction of sp³-hybridized carbons (Fsp3) is 0.308. The Balaban J connectivity index is 3.17. The van der Waals surface area contributed by atoms with Crippen LogP contribution in [-0.2, 0) is 0 Å². The van der Waals surface area contributed by atoms with Crippen molar-refractivity contribution in [3.63, 3.8) is 0 Å². The van der Waals surface area contributed by atoms with E-state index in [0.29, 0.717) is 6.61 Å². The minimum absolute atomic E-state index is 0.0154. The van der Waals surface area contributed by atoms with E-state index in [2.05, 4.69) is 13.5 Å². The molecule has 0 heterocycles. The second-order valence-electron chi connectivity index (χ2n) is 3.15. The van der Waals surface area contributed by atoms with Crippen LogP contribution in [0.2, 0.25) is 0 Å². The van der Waals surface area contributed by atoms with E-state index in [-0.39, 0.29) is 5.92 Å². The second kappa shape index (κ2) is 5.44. The van der Waals surface area contributed by atoms with Gasteiger partial charge in [0.1, 0.15) is 0 Å². The first-order chi connectivity index (χ1) is 7.24. The molecule has 0 aliphatic carbocycles. The van der Waals surface area contributed by atoms with E-state index in [1.807, 2.05) is 25.1 Å². The van der Waals surface area contributed by atoms with Crippen LogP contribution in [0.4, 0.5) is 0 Å². The summed E-state index contributed by atoms with van der Waals surface area (Å²) in [6, 6.07) is 5.79. The van der Waals surface area contributed by atoms with E-state index in [9.17, 15) is 0 Å². The average molecular weight is 205 g/mol. The Hall–Kier alpha value is -1.44. The molecule has 0 aliphatic rings. The Morgan fingerprint density at radius 3 is 2.73 bits per heavy atom. The van der Waals surface area contributed by atoms with Crippen LogP contribution in [0.3, 0.4) is 0 Å². The number of benzene rings is 1. The van der Waals surface area contributed by atoms with E-state index >= 15 is 0 Å². The van der Waals surface area contributed by atoms with E-state index in [0.717, 1.165) is 17.1 Å². The number of ether oxygens (including phenoxy) is 2. The molecule has 1 aromatic rings. The first kappa shape index (κ1) is 11.6. The Labute approximate surface area is 91.5 Å². The highest BCUT2D eigenvalue weighted by Crippen LogP contribution is 2.35. The molecule has 0 aromatic heterocycles. The molecule has 0 fully saturated rings. The summed E-state index contributed by atoms with van der Waals surface area (Å²) in [5.74, 6) is 1.52. The maximum Gasteiger partial charge on any atom is 0.164 e. The average Bonchev–Trinajstić information content (AvgIpc) is 2.28. The zero-order valence-corrected chi connectivity index (χ0v) is 9.32. The van der Waals surface area contributed by atoms with Crippen LogP contribution in [0.5, 0.6) is 11.5 Å². The number of hydrogen-bond donors (Lipinski definition) is 0. The summed E-state index contributed by atoms with van der Waals surface area (Å²) >= 11 is 0. The first-order valence-corrected chi connectivity index (χ1v) is 4.99. The zero-order chi connectivity index (χ0) is 11.3. The van der Waals surface area contributed by atoms with Gasteiger partial charge in [0, 0.05) is 11.5 Å². The third-order valence-electron chi connectivity index (χ3n) is 2.20. The van der Waals surface area contributed by atoms with Crippen molar-refractivity contribution in [3.05, 3.63) is 43.3 Å². The molecule has 81 valence electrons. The monoisotopic (exact) mass is 205 g/mol. The van der Waals surface area contributed by atoms with Gasteiger partial charge in [-0.2, -0.15) is 0 Å². The minimum Gasteiger partial charge on any atom is -0.493 e. The van der Waals surface area contributed by atoms with Gasteiger partial charge in [-0.3, -0.25) is 0 Å². The molecule has 1 radical (unpaired) electrons. The standard InChI is InChI=1S/C13H17O2/c1-5-10(3)11-8-7-9-12(14-4)13(11)15-6-2/h5,7-10H,1,3,6H2,2,4H3. The lowest BCUT2D eigenvalue weighted by Crippen LogP contribution is -2.01. The van der Waals surface area contributed by atoms with E-state index < -0.39 is 0 Å². The molecule has 0 spiro atoms. The van der Waals surface area contributed by atoms with Gasteiger partial charge < -0.3 is 9.47 Å². The number of para-hydroxylation sites is 1. The predicted molar refractivity (Wildman–Crippen MR) is 62.5 cm³/mol. The van der Waals surface area contributed by atoms with E-state index in [1.165, 1.54) is 0 Å². The van der Waals surface area contributed by atoms with Gasteiger partial charge in [0.05, 0.1) is 13.7 Å². The highest BCUT2D eigenvalue weighted by Gasteiger charge is 2.13. The maximum absolute atomic E-state index is 5.57. The van der Waals surface area contributed by atoms with Gasteiger partial charge in [-0.15, -0.1) is 6.58 Å². The summed E-state index contributed by atoms with van der Waals surface area (Å²) in [6.07, 6.45) is 1.79. The van der Waals surface area contributed by atoms with E-state index in [1.54, 1.807) is 13.2 Å². The second-order valence-corrected chi connectivity index (χ2v) is 3.15. The molecule has 15 heavy (non-hydrogen) atoms. The molecule has 2 heteroatoms. The topological polar surface area (TPSA) is 18.5 Å². The van der Waals surface area contributed by atoms with Crippen LogP contribution in [0.25, 0.3) is 0 Å². The lowest BCUT2D eigenvalue weighted by atomic mass is 10.00. The molecule has 0 saturated heterocycles. The van der Waals surface area contributed by atoms with Crippen LogP contribution >= 0.6 is 0 Å². The maximum atomic E-state index is 5.57. The smallest absolute Gasteiger partial charge is 0.164 e. The van der Waals surface area contributed by atoms with Crippen molar-refractivity contribution < 1.29 is 9.47 Å². The zero-order valence-electron chi connectivity index (χ0n) is 9.32. The Bertz CT molecular complexity index is 331. The van der Waals surface area contributed by atoms with Crippen molar-refractivity contribution in [1.82, 2.24) is 0 Å². The highest BCUT2D eigenvalue weighted by molar-refractivity contribution is 5.49. The summed E-state index contributed by atoms with van der Waals surface area (Å²) < 4.78 is 10.8. The molecule has 1 unspecified atom stereocenters. The van der Waals surface area contributed by atoms with Crippen LogP contribution in [-0.4, -0.2) is 13.7 Å². The summed E-state index contributed by atoms with van der Waals surface area (Å²) in [7, 11) is 1.63. The summed E-state index contributed by atoms with van der Waals surface area (Å²) in [4.78, 5) is 0. The minimum atomic E-state index is 0.0154. The van der Waals surface area contributed by atoms with Crippen molar-refractivity contribution in [2.24, 2.45) is 0 Å². The summed E-state index contributed by atoms with van der Waals surface area (Å²) in [5.41, 5.74) is 1.01. The Kier molecular flexibility index (Phi) is 4.22. The van der Waals surface area contributed by atoms with Crippen molar-refractivity contribution in [1.29, 1.82) is 0 Å². The predicted octanol–water partition coefficient (Wildman–Crippen LogP) is 3.20. The van der Waals surface area contributed by atoms with Crippen molar-refractivity contribution in [2.75, 3.05) is 13.7 Å². The van der Waals surface area contributed by atoms with Crippen molar-refractivity contribution in [2.45, 2.75) is 12.8 Å². The van der Waals surface area contributed by atoms with Crippen molar-refractivity contribution >= 4 is 0 Å². The van der Waals surface area contributed by atoms with E-state index in [4.69, 9.17) is 9.47 Å². The third-order valence-corrected chi connectivity index (χ3v) is 2.20.